The zero-order chi connectivity index (χ0) is 15.8. The molecule has 1 rings (SSSR count). The van der Waals surface area contributed by atoms with Crippen molar-refractivity contribution in [2.45, 2.75) is 26.8 Å². The Labute approximate surface area is 160 Å². The fourth-order valence-electron chi connectivity index (χ4n) is 2.05. The molecule has 0 aliphatic rings. The van der Waals surface area contributed by atoms with E-state index in [1.54, 1.807) is 6.07 Å². The maximum Gasteiger partial charge on any atom is 0.189 e. The number of hydrogen-bond donors (Lipinski definition) is 2. The van der Waals surface area contributed by atoms with Gasteiger partial charge in [-0.1, -0.05) is 43.1 Å². The minimum absolute atomic E-state index is 0. The van der Waals surface area contributed by atoms with Gasteiger partial charge in [0.05, 0.1) is 12.6 Å². The summed E-state index contributed by atoms with van der Waals surface area (Å²) in [6.45, 7) is 9.90. The first-order chi connectivity index (χ1) is 9.97. The molecule has 1 unspecified atom stereocenters. The molecule has 4 nitrogen and oxygen atoms in total. The standard InChI is InChI=1S/C15H24Cl2N4.HI/c1-4-21(5-2)9-8-19-15(18)20-11(3)13-7-6-12(16)10-14(13)17;/h6-7,10-11H,4-5,8-9H2,1-3H3,(H3,18,19,20);1H. The van der Waals surface area contributed by atoms with Gasteiger partial charge in [-0.05, 0) is 37.7 Å². The van der Waals surface area contributed by atoms with Crippen molar-refractivity contribution in [2.75, 3.05) is 26.2 Å². The second-order valence-corrected chi connectivity index (χ2v) is 5.67. The molecule has 3 N–H and O–H groups in total. The number of hydrogen-bond acceptors (Lipinski definition) is 2. The summed E-state index contributed by atoms with van der Waals surface area (Å²) in [5, 5.41) is 4.39. The van der Waals surface area contributed by atoms with Crippen LogP contribution in [0.1, 0.15) is 32.4 Å². The van der Waals surface area contributed by atoms with Crippen LogP contribution < -0.4 is 11.1 Å². The van der Waals surface area contributed by atoms with Crippen LogP contribution in [0.25, 0.3) is 0 Å². The summed E-state index contributed by atoms with van der Waals surface area (Å²) >= 11 is 12.1. The van der Waals surface area contributed by atoms with Crippen molar-refractivity contribution < 1.29 is 0 Å². The Morgan fingerprint density at radius 1 is 1.32 bits per heavy atom. The summed E-state index contributed by atoms with van der Waals surface area (Å²) < 4.78 is 0. The molecule has 0 radical (unpaired) electrons. The fraction of sp³-hybridized carbons (Fsp3) is 0.533. The number of nitrogens with zero attached hydrogens (tertiary/aromatic N) is 2. The van der Waals surface area contributed by atoms with E-state index in [9.17, 15) is 0 Å². The Morgan fingerprint density at radius 3 is 2.50 bits per heavy atom. The molecule has 1 aromatic carbocycles. The summed E-state index contributed by atoms with van der Waals surface area (Å²) in [5.41, 5.74) is 6.86. The van der Waals surface area contributed by atoms with Crippen molar-refractivity contribution in [1.29, 1.82) is 0 Å². The molecule has 0 aliphatic heterocycles. The molecule has 126 valence electrons. The molecule has 22 heavy (non-hydrogen) atoms. The maximum absolute atomic E-state index is 6.18. The molecule has 1 aromatic rings. The molecular formula is C15H25Cl2IN4. The Balaban J connectivity index is 0.00000441. The first-order valence-corrected chi connectivity index (χ1v) is 7.97. The van der Waals surface area contributed by atoms with Gasteiger partial charge in [0.15, 0.2) is 5.96 Å². The van der Waals surface area contributed by atoms with Crippen molar-refractivity contribution in [3.05, 3.63) is 33.8 Å². The average Bonchev–Trinajstić information content (AvgIpc) is 2.43. The molecule has 0 amide bonds. The van der Waals surface area contributed by atoms with Gasteiger partial charge < -0.3 is 16.0 Å². The minimum atomic E-state index is -0.0213. The van der Waals surface area contributed by atoms with Gasteiger partial charge in [-0.25, -0.2) is 0 Å². The van der Waals surface area contributed by atoms with E-state index in [2.05, 4.69) is 29.1 Å². The first-order valence-electron chi connectivity index (χ1n) is 7.21. The molecule has 0 saturated carbocycles. The largest absolute Gasteiger partial charge is 0.370 e. The van der Waals surface area contributed by atoms with E-state index in [0.717, 1.165) is 25.2 Å². The molecule has 7 heteroatoms. The van der Waals surface area contributed by atoms with Crippen LogP contribution >= 0.6 is 47.2 Å². The number of benzene rings is 1. The summed E-state index contributed by atoms with van der Waals surface area (Å²) in [6.07, 6.45) is 0. The zero-order valence-electron chi connectivity index (χ0n) is 13.3. The Kier molecular flexibility index (Phi) is 11.2. The Hall–Kier alpha value is -0.240. The number of nitrogens with one attached hydrogen (secondary N) is 1. The van der Waals surface area contributed by atoms with Gasteiger partial charge in [-0.3, -0.25) is 4.99 Å². The molecule has 0 heterocycles. The van der Waals surface area contributed by atoms with Gasteiger partial charge in [0.1, 0.15) is 0 Å². The Bertz CT molecular complexity index is 479. The van der Waals surface area contributed by atoms with Crippen molar-refractivity contribution in [3.8, 4) is 0 Å². The third kappa shape index (κ3) is 7.35. The highest BCUT2D eigenvalue weighted by Crippen LogP contribution is 2.25. The van der Waals surface area contributed by atoms with Crippen LogP contribution in [-0.2, 0) is 0 Å². The summed E-state index contributed by atoms with van der Waals surface area (Å²) in [7, 11) is 0. The van der Waals surface area contributed by atoms with Crippen molar-refractivity contribution >= 4 is 53.1 Å². The highest BCUT2D eigenvalue weighted by Gasteiger charge is 2.10. The van der Waals surface area contributed by atoms with Gasteiger partial charge in [0.25, 0.3) is 0 Å². The maximum atomic E-state index is 6.18. The van der Waals surface area contributed by atoms with E-state index in [-0.39, 0.29) is 30.0 Å². The SMILES string of the molecule is CCN(CC)CCN=C(N)NC(C)c1ccc(Cl)cc1Cl.I. The highest BCUT2D eigenvalue weighted by atomic mass is 127. The average molecular weight is 459 g/mol. The molecule has 0 aliphatic carbocycles. The number of likely N-dealkylation sites (N-methyl/N-ethyl adjacent to an activating group) is 1. The first kappa shape index (κ1) is 21.8. The van der Waals surface area contributed by atoms with Crippen LogP contribution in [0.15, 0.2) is 23.2 Å². The number of rotatable bonds is 7. The second-order valence-electron chi connectivity index (χ2n) is 4.83. The van der Waals surface area contributed by atoms with Crippen LogP contribution in [0.4, 0.5) is 0 Å². The molecule has 0 saturated heterocycles. The number of aliphatic imine (C=N–C) groups is 1. The van der Waals surface area contributed by atoms with E-state index in [1.165, 1.54) is 0 Å². The van der Waals surface area contributed by atoms with Crippen molar-refractivity contribution in [2.24, 2.45) is 10.7 Å². The molecule has 1 atom stereocenters. The van der Waals surface area contributed by atoms with Gasteiger partial charge in [-0.2, -0.15) is 0 Å². The van der Waals surface area contributed by atoms with Gasteiger partial charge >= 0.3 is 0 Å². The normalized spacial score (nSPS) is 12.9. The third-order valence-electron chi connectivity index (χ3n) is 3.39. The van der Waals surface area contributed by atoms with E-state index in [4.69, 9.17) is 28.9 Å². The summed E-state index contributed by atoms with van der Waals surface area (Å²) in [5.74, 6) is 0.431. The van der Waals surface area contributed by atoms with Crippen molar-refractivity contribution in [1.82, 2.24) is 10.2 Å². The lowest BCUT2D eigenvalue weighted by molar-refractivity contribution is 0.313. The zero-order valence-corrected chi connectivity index (χ0v) is 17.1. The van der Waals surface area contributed by atoms with Crippen LogP contribution in [0.5, 0.6) is 0 Å². The van der Waals surface area contributed by atoms with Crippen LogP contribution in [-0.4, -0.2) is 37.0 Å². The quantitative estimate of drug-likeness (QED) is 0.370. The topological polar surface area (TPSA) is 53.6 Å². The van der Waals surface area contributed by atoms with E-state index in [1.807, 2.05) is 19.1 Å². The molecule has 0 spiro atoms. The van der Waals surface area contributed by atoms with Gasteiger partial charge in [-0.15, -0.1) is 24.0 Å². The lowest BCUT2D eigenvalue weighted by Crippen LogP contribution is -2.35. The number of guanidine groups is 1. The number of halogens is 3. The van der Waals surface area contributed by atoms with Gasteiger partial charge in [0, 0.05) is 16.6 Å². The molecule has 0 fully saturated rings. The monoisotopic (exact) mass is 458 g/mol. The molecular weight excluding hydrogens is 434 g/mol. The van der Waals surface area contributed by atoms with E-state index in [0.29, 0.717) is 22.5 Å². The smallest absolute Gasteiger partial charge is 0.189 e. The molecule has 0 bridgehead atoms. The number of nitrogens with two attached hydrogens (primary N) is 1. The van der Waals surface area contributed by atoms with E-state index >= 15 is 0 Å². The second kappa shape index (κ2) is 11.3. The van der Waals surface area contributed by atoms with Gasteiger partial charge in [0.2, 0.25) is 0 Å². The summed E-state index contributed by atoms with van der Waals surface area (Å²) in [4.78, 5) is 6.65. The third-order valence-corrected chi connectivity index (χ3v) is 3.95. The van der Waals surface area contributed by atoms with Crippen LogP contribution in [0, 0.1) is 0 Å². The lowest BCUT2D eigenvalue weighted by atomic mass is 10.1. The van der Waals surface area contributed by atoms with Crippen molar-refractivity contribution in [3.63, 3.8) is 0 Å². The Morgan fingerprint density at radius 2 is 1.95 bits per heavy atom. The fourth-order valence-corrected chi connectivity index (χ4v) is 2.62. The minimum Gasteiger partial charge on any atom is -0.370 e. The highest BCUT2D eigenvalue weighted by molar-refractivity contribution is 14.0. The van der Waals surface area contributed by atoms with E-state index < -0.39 is 0 Å². The lowest BCUT2D eigenvalue weighted by Gasteiger charge is -2.18. The predicted octanol–water partition coefficient (Wildman–Crippen LogP) is 3.92. The summed E-state index contributed by atoms with van der Waals surface area (Å²) in [6, 6.07) is 5.41. The van der Waals surface area contributed by atoms with Crippen LogP contribution in [0.2, 0.25) is 10.0 Å². The molecule has 0 aromatic heterocycles. The van der Waals surface area contributed by atoms with Crippen LogP contribution in [0.3, 0.4) is 0 Å². The predicted molar refractivity (Wildman–Crippen MR) is 108 cm³/mol.